The number of nitrogens with zero attached hydrogens (tertiary/aromatic N) is 2. The van der Waals surface area contributed by atoms with Crippen LogP contribution in [0.25, 0.3) is 0 Å². The third-order valence-electron chi connectivity index (χ3n) is 6.53. The third kappa shape index (κ3) is 5.42. The summed E-state index contributed by atoms with van der Waals surface area (Å²) < 4.78 is 10.5. The zero-order valence-corrected chi connectivity index (χ0v) is 17.9. The molecule has 6 heteroatoms. The van der Waals surface area contributed by atoms with Crippen LogP contribution >= 0.6 is 0 Å². The van der Waals surface area contributed by atoms with Crippen molar-refractivity contribution in [3.8, 4) is 5.75 Å². The number of rotatable bonds is 7. The van der Waals surface area contributed by atoms with Gasteiger partial charge in [0.15, 0.2) is 0 Å². The minimum absolute atomic E-state index is 0.223. The Morgan fingerprint density at radius 3 is 2.73 bits per heavy atom. The molecule has 0 bridgehead atoms. The molecule has 0 radical (unpaired) electrons. The second kappa shape index (κ2) is 10.1. The molecule has 0 unspecified atom stereocenters. The molecule has 1 atom stereocenters. The second-order valence-corrected chi connectivity index (χ2v) is 8.75. The minimum Gasteiger partial charge on any atom is -0.497 e. The first-order valence-electron chi connectivity index (χ1n) is 11.3. The summed E-state index contributed by atoms with van der Waals surface area (Å²) in [4.78, 5) is 15.1. The van der Waals surface area contributed by atoms with Gasteiger partial charge in [-0.1, -0.05) is 36.6 Å². The fraction of sp³-hybridized carbons (Fsp3) is 0.583. The van der Waals surface area contributed by atoms with Crippen LogP contribution in [-0.2, 0) is 6.54 Å². The first kappa shape index (κ1) is 20.9. The van der Waals surface area contributed by atoms with Gasteiger partial charge in [-0.05, 0) is 55.8 Å². The lowest BCUT2D eigenvalue weighted by molar-refractivity contribution is 0.0913. The highest BCUT2D eigenvalue weighted by molar-refractivity contribution is 5.91. The monoisotopic (exact) mass is 411 g/mol. The van der Waals surface area contributed by atoms with Crippen LogP contribution in [0.1, 0.15) is 72.7 Å². The van der Waals surface area contributed by atoms with Crippen molar-refractivity contribution < 1.29 is 14.1 Å². The van der Waals surface area contributed by atoms with Gasteiger partial charge in [-0.2, -0.15) is 0 Å². The Hall–Kier alpha value is -2.34. The van der Waals surface area contributed by atoms with E-state index in [9.17, 15) is 4.79 Å². The van der Waals surface area contributed by atoms with Crippen LogP contribution in [0.2, 0.25) is 0 Å². The van der Waals surface area contributed by atoms with E-state index in [0.29, 0.717) is 18.2 Å². The van der Waals surface area contributed by atoms with Crippen molar-refractivity contribution in [3.63, 3.8) is 0 Å². The number of ether oxygens (including phenoxy) is 1. The topological polar surface area (TPSA) is 67.6 Å². The van der Waals surface area contributed by atoms with E-state index in [1.807, 2.05) is 30.3 Å². The van der Waals surface area contributed by atoms with Crippen molar-refractivity contribution in [2.24, 2.45) is 5.92 Å². The number of aromatic nitrogens is 1. The van der Waals surface area contributed by atoms with E-state index in [4.69, 9.17) is 9.26 Å². The lowest BCUT2D eigenvalue weighted by Crippen LogP contribution is -2.38. The summed E-state index contributed by atoms with van der Waals surface area (Å²) in [5.41, 5.74) is 1.92. The summed E-state index contributed by atoms with van der Waals surface area (Å²) in [6.45, 7) is 3.86. The molecule has 2 aliphatic rings. The maximum absolute atomic E-state index is 12.5. The lowest BCUT2D eigenvalue weighted by Gasteiger charge is -2.35. The number of nitrogens with one attached hydrogen (secondary N) is 1. The van der Waals surface area contributed by atoms with Gasteiger partial charge < -0.3 is 19.5 Å². The summed E-state index contributed by atoms with van der Waals surface area (Å²) in [6.07, 6.45) is 9.24. The predicted octanol–water partition coefficient (Wildman–Crippen LogP) is 4.37. The molecule has 1 aromatic heterocycles. The Kier molecular flexibility index (Phi) is 7.05. The molecule has 1 saturated carbocycles. The van der Waals surface area contributed by atoms with Crippen LogP contribution in [0.5, 0.6) is 5.75 Å². The Balaban J connectivity index is 1.29. The molecule has 1 amide bonds. The van der Waals surface area contributed by atoms with Crippen molar-refractivity contribution in [3.05, 3.63) is 47.3 Å². The Bertz CT molecular complexity index is 811. The molecule has 2 fully saturated rings. The molecule has 2 aromatic rings. The molecule has 1 N–H and O–H groups in total. The molecule has 30 heavy (non-hydrogen) atoms. The van der Waals surface area contributed by atoms with Gasteiger partial charge in [0.2, 0.25) is 5.76 Å². The van der Waals surface area contributed by atoms with Crippen molar-refractivity contribution in [2.45, 2.75) is 57.4 Å². The van der Waals surface area contributed by atoms with Gasteiger partial charge >= 0.3 is 0 Å². The highest BCUT2D eigenvalue weighted by Crippen LogP contribution is 2.30. The summed E-state index contributed by atoms with van der Waals surface area (Å²) in [7, 11) is 1.64. The van der Waals surface area contributed by atoms with Crippen LogP contribution in [0.4, 0.5) is 0 Å². The maximum Gasteiger partial charge on any atom is 0.290 e. The fourth-order valence-electron chi connectivity index (χ4n) is 4.80. The third-order valence-corrected chi connectivity index (χ3v) is 6.53. The molecule has 0 spiro atoms. The van der Waals surface area contributed by atoms with Crippen LogP contribution in [0.15, 0.2) is 34.9 Å². The number of piperidine rings is 1. The molecule has 1 saturated heterocycles. The number of carbonyl (C=O) groups excluding carboxylic acids is 1. The Labute approximate surface area is 179 Å². The van der Waals surface area contributed by atoms with Gasteiger partial charge in [-0.25, -0.2) is 0 Å². The Morgan fingerprint density at radius 2 is 1.97 bits per heavy atom. The fourth-order valence-corrected chi connectivity index (χ4v) is 4.80. The highest BCUT2D eigenvalue weighted by Gasteiger charge is 2.27. The van der Waals surface area contributed by atoms with E-state index in [1.54, 1.807) is 7.11 Å². The lowest BCUT2D eigenvalue weighted by atomic mass is 9.87. The number of methoxy groups -OCH3 is 1. The van der Waals surface area contributed by atoms with Gasteiger partial charge in [-0.3, -0.25) is 4.79 Å². The highest BCUT2D eigenvalue weighted by atomic mass is 16.5. The molecule has 1 aliphatic carbocycles. The molecule has 4 rings (SSSR count). The Morgan fingerprint density at radius 1 is 1.17 bits per heavy atom. The predicted molar refractivity (Wildman–Crippen MR) is 116 cm³/mol. The summed E-state index contributed by atoms with van der Waals surface area (Å²) in [5, 5.41) is 7.15. The van der Waals surface area contributed by atoms with Crippen LogP contribution in [-0.4, -0.2) is 42.7 Å². The summed E-state index contributed by atoms with van der Waals surface area (Å²) in [6, 6.07) is 9.48. The van der Waals surface area contributed by atoms with E-state index < -0.39 is 0 Å². The SMILES string of the molecule is COc1ccc(CNC(=O)c2cc([C@@H]3CCCN(CC4CCCCC4)C3)no2)cc1. The number of hydrogen-bond acceptors (Lipinski definition) is 5. The van der Waals surface area contributed by atoms with E-state index in [1.165, 1.54) is 51.6 Å². The van der Waals surface area contributed by atoms with Gasteiger partial charge in [0, 0.05) is 31.6 Å². The zero-order chi connectivity index (χ0) is 20.8. The number of carbonyl (C=O) groups is 1. The van der Waals surface area contributed by atoms with Gasteiger partial charge in [0.1, 0.15) is 5.75 Å². The quantitative estimate of drug-likeness (QED) is 0.733. The van der Waals surface area contributed by atoms with E-state index in [0.717, 1.165) is 35.9 Å². The number of benzene rings is 1. The molecule has 1 aliphatic heterocycles. The van der Waals surface area contributed by atoms with Crippen LogP contribution < -0.4 is 10.1 Å². The van der Waals surface area contributed by atoms with E-state index in [-0.39, 0.29) is 5.91 Å². The summed E-state index contributed by atoms with van der Waals surface area (Å²) in [5.74, 6) is 2.08. The van der Waals surface area contributed by atoms with Gasteiger partial charge in [-0.15, -0.1) is 0 Å². The zero-order valence-electron chi connectivity index (χ0n) is 17.9. The molecule has 6 nitrogen and oxygen atoms in total. The van der Waals surface area contributed by atoms with E-state index >= 15 is 0 Å². The van der Waals surface area contributed by atoms with Crippen LogP contribution in [0, 0.1) is 5.92 Å². The van der Waals surface area contributed by atoms with E-state index in [2.05, 4.69) is 15.4 Å². The van der Waals surface area contributed by atoms with Crippen molar-refractivity contribution >= 4 is 5.91 Å². The summed E-state index contributed by atoms with van der Waals surface area (Å²) >= 11 is 0. The molecule has 1 aromatic carbocycles. The first-order valence-corrected chi connectivity index (χ1v) is 11.3. The standard InChI is InChI=1S/C24H33N3O3/c1-29-21-11-9-18(10-12-21)15-25-24(28)23-14-22(26-30-23)20-8-5-13-27(17-20)16-19-6-3-2-4-7-19/h9-12,14,19-20H,2-8,13,15-17H2,1H3,(H,25,28)/t20-/m1/s1. The van der Waals surface area contributed by atoms with Gasteiger partial charge in [0.25, 0.3) is 5.91 Å². The number of amides is 1. The van der Waals surface area contributed by atoms with Crippen molar-refractivity contribution in [2.75, 3.05) is 26.7 Å². The van der Waals surface area contributed by atoms with Crippen molar-refractivity contribution in [1.82, 2.24) is 15.4 Å². The molecular weight excluding hydrogens is 378 g/mol. The maximum atomic E-state index is 12.5. The smallest absolute Gasteiger partial charge is 0.290 e. The molecule has 2 heterocycles. The van der Waals surface area contributed by atoms with Crippen LogP contribution in [0.3, 0.4) is 0 Å². The second-order valence-electron chi connectivity index (χ2n) is 8.75. The van der Waals surface area contributed by atoms with Crippen molar-refractivity contribution in [1.29, 1.82) is 0 Å². The van der Waals surface area contributed by atoms with Gasteiger partial charge in [0.05, 0.1) is 12.8 Å². The average Bonchev–Trinajstić information content (AvgIpc) is 3.29. The largest absolute Gasteiger partial charge is 0.497 e. The number of hydrogen-bond donors (Lipinski definition) is 1. The molecular formula is C24H33N3O3. The first-order chi connectivity index (χ1) is 14.7. The molecule has 162 valence electrons. The normalized spacial score (nSPS) is 20.8. The number of likely N-dealkylation sites (tertiary alicyclic amines) is 1. The minimum atomic E-state index is -0.223. The average molecular weight is 412 g/mol.